The van der Waals surface area contributed by atoms with Crippen LogP contribution in [-0.2, 0) is 23.8 Å². The van der Waals surface area contributed by atoms with E-state index in [-0.39, 0.29) is 19.4 Å². The average Bonchev–Trinajstić information content (AvgIpc) is 3.43. The minimum absolute atomic E-state index is 0.0961. The van der Waals surface area contributed by atoms with Crippen molar-refractivity contribution in [1.29, 1.82) is 0 Å². The van der Waals surface area contributed by atoms with Crippen molar-refractivity contribution in [2.45, 2.75) is 294 Å². The van der Waals surface area contributed by atoms with E-state index in [1.807, 2.05) is 6.08 Å². The minimum Gasteiger partial charge on any atom is -0.454 e. The van der Waals surface area contributed by atoms with Gasteiger partial charge in [-0.2, -0.15) is 0 Å². The smallest absolute Gasteiger partial charge is 0.306 e. The molecule has 1 heterocycles. The number of hydrogen-bond donors (Lipinski definition) is 6. The van der Waals surface area contributed by atoms with E-state index in [9.17, 15) is 35.1 Å². The summed E-state index contributed by atoms with van der Waals surface area (Å²) in [6, 6.07) is -1.05. The van der Waals surface area contributed by atoms with Crippen LogP contribution >= 0.6 is 0 Å². The Bertz CT molecular complexity index is 1620. The summed E-state index contributed by atoms with van der Waals surface area (Å²) in [7, 11) is 0. The van der Waals surface area contributed by atoms with E-state index in [0.717, 1.165) is 109 Å². The molecule has 1 aliphatic heterocycles. The van der Waals surface area contributed by atoms with Crippen molar-refractivity contribution < 1.29 is 49.3 Å². The van der Waals surface area contributed by atoms with E-state index in [1.54, 1.807) is 6.08 Å². The Morgan fingerprint density at radius 2 is 0.935 bits per heavy atom. The quantitative estimate of drug-likeness (QED) is 0.0195. The first-order chi connectivity index (χ1) is 37.7. The summed E-state index contributed by atoms with van der Waals surface area (Å²) in [5.41, 5.74) is 0. The molecule has 0 radical (unpaired) electrons. The molecule has 1 amide bonds. The Balaban J connectivity index is 2.71. The van der Waals surface area contributed by atoms with Crippen LogP contribution < -0.4 is 5.32 Å². The molecule has 1 rings (SSSR count). The molecule has 6 N–H and O–H groups in total. The third-order valence-electron chi connectivity index (χ3n) is 14.0. The molecule has 77 heavy (non-hydrogen) atoms. The summed E-state index contributed by atoms with van der Waals surface area (Å²) in [4.78, 5) is 26.5. The summed E-state index contributed by atoms with van der Waals surface area (Å²) in [6.45, 7) is 5.63. The summed E-state index contributed by atoms with van der Waals surface area (Å²) in [5.74, 6) is -1.24. The molecular weight excluding hydrogens is 967 g/mol. The van der Waals surface area contributed by atoms with Gasteiger partial charge in [-0.05, 0) is 103 Å². The number of carbonyl (C=O) groups is 2. The first-order valence-electron chi connectivity index (χ1n) is 31.0. The Morgan fingerprint density at radius 1 is 0.519 bits per heavy atom. The first kappa shape index (κ1) is 71.6. The normalized spacial score (nSPS) is 19.7. The highest BCUT2D eigenvalue weighted by molar-refractivity contribution is 5.80. The van der Waals surface area contributed by atoms with E-state index in [4.69, 9.17) is 14.2 Å². The maximum Gasteiger partial charge on any atom is 0.306 e. The molecule has 1 saturated heterocycles. The van der Waals surface area contributed by atoms with Crippen molar-refractivity contribution in [3.63, 3.8) is 0 Å². The highest BCUT2D eigenvalue weighted by Gasteiger charge is 2.47. The SMILES string of the molecule is CC/C=C\C/C=C\C/C=C\C/C=C\C/C=C\C/C=C\CCCCCC(O)C(=O)NC(COC1OC(CO)C(O)C(O)C1OC(=O)CCCCC/C=C\CCCCCCCCC)C(O)/C=C/CCCCCCCCCCCC. The van der Waals surface area contributed by atoms with Crippen LogP contribution in [-0.4, -0.2) is 99.6 Å². The van der Waals surface area contributed by atoms with Gasteiger partial charge in [0.25, 0.3) is 0 Å². The van der Waals surface area contributed by atoms with Crippen LogP contribution in [0.3, 0.4) is 0 Å². The molecule has 0 aromatic rings. The second kappa shape index (κ2) is 53.2. The summed E-state index contributed by atoms with van der Waals surface area (Å²) in [5, 5.41) is 56.9. The highest BCUT2D eigenvalue weighted by Crippen LogP contribution is 2.26. The summed E-state index contributed by atoms with van der Waals surface area (Å²) in [6.07, 6.45) is 60.2. The molecule has 0 aromatic carbocycles. The fourth-order valence-corrected chi connectivity index (χ4v) is 9.06. The van der Waals surface area contributed by atoms with Gasteiger partial charge in [-0.3, -0.25) is 9.59 Å². The fraction of sp³-hybridized carbons (Fsp3) is 0.727. The van der Waals surface area contributed by atoms with Gasteiger partial charge < -0.3 is 45.1 Å². The maximum atomic E-state index is 13.4. The molecule has 0 bridgehead atoms. The van der Waals surface area contributed by atoms with Crippen molar-refractivity contribution in [2.75, 3.05) is 13.2 Å². The first-order valence-corrected chi connectivity index (χ1v) is 31.0. The number of rotatable bonds is 51. The van der Waals surface area contributed by atoms with Gasteiger partial charge in [-0.1, -0.05) is 234 Å². The minimum atomic E-state index is -1.63. The van der Waals surface area contributed by atoms with Gasteiger partial charge in [0, 0.05) is 6.42 Å². The van der Waals surface area contributed by atoms with E-state index < -0.39 is 67.4 Å². The molecule has 0 aliphatic carbocycles. The number of amides is 1. The lowest BCUT2D eigenvalue weighted by molar-refractivity contribution is -0.305. The maximum absolute atomic E-state index is 13.4. The molecule has 0 spiro atoms. The van der Waals surface area contributed by atoms with Crippen molar-refractivity contribution in [3.05, 3.63) is 97.2 Å². The van der Waals surface area contributed by atoms with Gasteiger partial charge in [-0.25, -0.2) is 0 Å². The second-order valence-corrected chi connectivity index (χ2v) is 21.0. The largest absolute Gasteiger partial charge is 0.454 e. The van der Waals surface area contributed by atoms with Gasteiger partial charge in [0.05, 0.1) is 25.4 Å². The highest BCUT2D eigenvalue weighted by atomic mass is 16.7. The number of nitrogens with one attached hydrogen (secondary N) is 1. The molecular formula is C66H113NO10. The van der Waals surface area contributed by atoms with Crippen LogP contribution in [0.4, 0.5) is 0 Å². The van der Waals surface area contributed by atoms with E-state index in [0.29, 0.717) is 12.8 Å². The van der Waals surface area contributed by atoms with E-state index in [1.165, 1.54) is 89.9 Å². The molecule has 1 aliphatic rings. The number of aliphatic hydroxyl groups excluding tert-OH is 5. The van der Waals surface area contributed by atoms with Crippen LogP contribution in [0, 0.1) is 0 Å². The van der Waals surface area contributed by atoms with Crippen LogP contribution in [0.2, 0.25) is 0 Å². The third-order valence-corrected chi connectivity index (χ3v) is 14.0. The molecule has 1 fully saturated rings. The number of unbranched alkanes of at least 4 members (excludes halogenated alkanes) is 23. The number of aliphatic hydroxyl groups is 5. The van der Waals surface area contributed by atoms with Crippen molar-refractivity contribution in [2.24, 2.45) is 0 Å². The zero-order chi connectivity index (χ0) is 56.1. The van der Waals surface area contributed by atoms with Crippen molar-refractivity contribution in [3.8, 4) is 0 Å². The Kier molecular flexibility index (Phi) is 49.5. The topological polar surface area (TPSA) is 175 Å². The lowest BCUT2D eigenvalue weighted by Crippen LogP contribution is -2.61. The monoisotopic (exact) mass is 1080 g/mol. The molecule has 0 aromatic heterocycles. The zero-order valence-corrected chi connectivity index (χ0v) is 48.8. The summed E-state index contributed by atoms with van der Waals surface area (Å²) < 4.78 is 17.6. The molecule has 11 nitrogen and oxygen atoms in total. The van der Waals surface area contributed by atoms with Crippen LogP contribution in [0.15, 0.2) is 97.2 Å². The molecule has 0 saturated carbocycles. The number of carbonyl (C=O) groups excluding carboxylic acids is 2. The number of hydrogen-bond acceptors (Lipinski definition) is 10. The number of ether oxygens (including phenoxy) is 3. The van der Waals surface area contributed by atoms with Gasteiger partial charge in [0.15, 0.2) is 12.4 Å². The second-order valence-electron chi connectivity index (χ2n) is 21.0. The van der Waals surface area contributed by atoms with Crippen molar-refractivity contribution >= 4 is 11.9 Å². The predicted molar refractivity (Wildman–Crippen MR) is 319 cm³/mol. The van der Waals surface area contributed by atoms with E-state index >= 15 is 0 Å². The predicted octanol–water partition coefficient (Wildman–Crippen LogP) is 14.7. The average molecular weight is 1080 g/mol. The standard InChI is InChI=1S/C66H113NO10/c1-4-7-10-13-16-19-22-25-27-28-29-30-31-32-33-34-35-38-41-44-47-50-53-59(70)65(74)67-57(58(69)52-49-46-43-40-37-24-21-18-15-12-9-6-3)56-75-66-64(63(73)62(72)60(55-68)76-66)77-61(71)54-51-48-45-42-39-36-26-23-20-17-14-11-8-5-2/h7,10,16,19,25,27,29-30,32-33,35-36,38-39,49,52,57-60,62-64,66,68-70,72-73H,4-6,8-9,11-15,17-18,20-24,26,28,31,34,37,40-48,50-51,53-56H2,1-3H3,(H,67,74)/b10-7-,19-16-,27-25-,30-29-,33-32-,38-35-,39-36-,52-49+. The third kappa shape index (κ3) is 41.3. The van der Waals surface area contributed by atoms with Gasteiger partial charge in [0.1, 0.15) is 24.4 Å². The Hall–Kier alpha value is -3.42. The van der Waals surface area contributed by atoms with Gasteiger partial charge >= 0.3 is 5.97 Å². The van der Waals surface area contributed by atoms with Crippen molar-refractivity contribution in [1.82, 2.24) is 5.32 Å². The Labute approximate surface area is 469 Å². The molecule has 8 atom stereocenters. The molecule has 442 valence electrons. The number of esters is 1. The Morgan fingerprint density at radius 3 is 1.42 bits per heavy atom. The lowest BCUT2D eigenvalue weighted by Gasteiger charge is -2.41. The van der Waals surface area contributed by atoms with E-state index in [2.05, 4.69) is 111 Å². The fourth-order valence-electron chi connectivity index (χ4n) is 9.06. The molecule has 11 heteroatoms. The lowest BCUT2D eigenvalue weighted by atomic mass is 9.99. The van der Waals surface area contributed by atoms with Gasteiger partial charge in [-0.15, -0.1) is 0 Å². The van der Waals surface area contributed by atoms with Crippen LogP contribution in [0.25, 0.3) is 0 Å². The van der Waals surface area contributed by atoms with Crippen LogP contribution in [0.1, 0.15) is 245 Å². The number of allylic oxidation sites excluding steroid dienone is 15. The van der Waals surface area contributed by atoms with Crippen LogP contribution in [0.5, 0.6) is 0 Å². The van der Waals surface area contributed by atoms with Gasteiger partial charge in [0.2, 0.25) is 5.91 Å². The molecule has 8 unspecified atom stereocenters. The zero-order valence-electron chi connectivity index (χ0n) is 48.8. The summed E-state index contributed by atoms with van der Waals surface area (Å²) >= 11 is 0.